The van der Waals surface area contributed by atoms with E-state index in [9.17, 15) is 14.4 Å². The van der Waals surface area contributed by atoms with Crippen molar-refractivity contribution in [3.05, 3.63) is 35.4 Å². The summed E-state index contributed by atoms with van der Waals surface area (Å²) >= 11 is 0. The molecule has 3 N–H and O–H groups in total. The van der Waals surface area contributed by atoms with Crippen molar-refractivity contribution in [3.8, 4) is 0 Å². The molecule has 1 unspecified atom stereocenters. The van der Waals surface area contributed by atoms with Gasteiger partial charge in [0.2, 0.25) is 0 Å². The third kappa shape index (κ3) is 3.42. The fourth-order valence-electron chi connectivity index (χ4n) is 2.22. The van der Waals surface area contributed by atoms with E-state index >= 15 is 0 Å². The number of benzene rings is 1. The van der Waals surface area contributed by atoms with Gasteiger partial charge in [0.1, 0.15) is 12.1 Å². The largest absolute Gasteiger partial charge is 0.468 e. The number of ether oxygens (including phenoxy) is 1. The Kier molecular flexibility index (Phi) is 5.69. The summed E-state index contributed by atoms with van der Waals surface area (Å²) in [5.41, 5.74) is 0.120. The van der Waals surface area contributed by atoms with E-state index < -0.39 is 30.0 Å². The number of amides is 3. The molecular formula is C14H17ClN4O4. The summed E-state index contributed by atoms with van der Waals surface area (Å²) < 4.78 is 4.49. The lowest BCUT2D eigenvalue weighted by molar-refractivity contribution is -0.145. The first-order valence-electron chi connectivity index (χ1n) is 6.47. The molecule has 3 amide bonds. The fourth-order valence-corrected chi connectivity index (χ4v) is 2.22. The Hall–Kier alpha value is -2.61. The van der Waals surface area contributed by atoms with Gasteiger partial charge in [0.25, 0.3) is 5.91 Å². The van der Waals surface area contributed by atoms with Crippen molar-refractivity contribution in [1.82, 2.24) is 10.2 Å². The summed E-state index contributed by atoms with van der Waals surface area (Å²) in [6.45, 7) is 1.16. The van der Waals surface area contributed by atoms with Crippen LogP contribution in [0.25, 0.3) is 0 Å². The summed E-state index contributed by atoms with van der Waals surface area (Å²) in [6, 6.07) is 6.19. The third-order valence-electron chi connectivity index (χ3n) is 3.50. The van der Waals surface area contributed by atoms with Crippen LogP contribution >= 0.6 is 12.4 Å². The summed E-state index contributed by atoms with van der Waals surface area (Å²) in [4.78, 5) is 36.6. The molecule has 1 aliphatic rings. The Morgan fingerprint density at radius 3 is 2.52 bits per heavy atom. The molecule has 1 aromatic carbocycles. The molecule has 2 rings (SSSR count). The number of carbonyl (C=O) groups is 3. The molecule has 1 saturated heterocycles. The molecule has 0 spiro atoms. The Morgan fingerprint density at radius 2 is 2.00 bits per heavy atom. The first-order chi connectivity index (χ1) is 10.4. The Bertz CT molecular complexity index is 647. The predicted molar refractivity (Wildman–Crippen MR) is 85.1 cm³/mol. The Labute approximate surface area is 139 Å². The van der Waals surface area contributed by atoms with Gasteiger partial charge in [-0.1, -0.05) is 24.3 Å². The smallest absolute Gasteiger partial charge is 0.325 e. The predicted octanol–water partition coefficient (Wildman–Crippen LogP) is 0.341. The lowest BCUT2D eigenvalue weighted by Gasteiger charge is -2.22. The number of carbonyl (C=O) groups excluding carboxylic acids is 3. The van der Waals surface area contributed by atoms with E-state index in [1.807, 2.05) is 0 Å². The van der Waals surface area contributed by atoms with Gasteiger partial charge < -0.3 is 15.9 Å². The highest BCUT2D eigenvalue weighted by atomic mass is 35.5. The lowest BCUT2D eigenvalue weighted by atomic mass is 9.91. The Balaban J connectivity index is 0.00000264. The van der Waals surface area contributed by atoms with Gasteiger partial charge in [0.15, 0.2) is 0 Å². The molecule has 0 bridgehead atoms. The van der Waals surface area contributed by atoms with Crippen LogP contribution in [0.1, 0.15) is 18.1 Å². The van der Waals surface area contributed by atoms with Crippen molar-refractivity contribution < 1.29 is 19.1 Å². The van der Waals surface area contributed by atoms with Crippen LogP contribution in [0.2, 0.25) is 0 Å². The number of urea groups is 1. The number of hydrogen-bond donors (Lipinski definition) is 2. The van der Waals surface area contributed by atoms with Crippen LogP contribution in [-0.4, -0.2) is 42.7 Å². The van der Waals surface area contributed by atoms with E-state index in [-0.39, 0.29) is 12.4 Å². The quantitative estimate of drug-likeness (QED) is 0.270. The van der Waals surface area contributed by atoms with Gasteiger partial charge in [-0.15, -0.1) is 12.4 Å². The number of halogens is 1. The molecule has 0 radical (unpaired) electrons. The monoisotopic (exact) mass is 340 g/mol. The van der Waals surface area contributed by atoms with E-state index in [0.717, 1.165) is 10.5 Å². The van der Waals surface area contributed by atoms with Crippen LogP contribution in [0.5, 0.6) is 0 Å². The molecule has 0 saturated carbocycles. The summed E-state index contributed by atoms with van der Waals surface area (Å²) in [5, 5.41) is 6.01. The maximum Gasteiger partial charge on any atom is 0.325 e. The van der Waals surface area contributed by atoms with Crippen molar-refractivity contribution in [2.45, 2.75) is 12.5 Å². The minimum Gasteiger partial charge on any atom is -0.468 e. The number of methoxy groups -OCH3 is 1. The molecule has 1 aliphatic heterocycles. The van der Waals surface area contributed by atoms with E-state index in [2.05, 4.69) is 15.2 Å². The standard InChI is InChI=1S/C14H16N4O4.ClH/c1-14(10-5-3-9(4-6-10)7-16-15)12(20)18(13(21)17-14)8-11(19)22-2;/h3-7H,8,15H2,1-2H3,(H,17,21);1H/b16-7+;. The van der Waals surface area contributed by atoms with Gasteiger partial charge in [0, 0.05) is 0 Å². The fraction of sp³-hybridized carbons (Fsp3) is 0.286. The first kappa shape index (κ1) is 18.4. The first-order valence-corrected chi connectivity index (χ1v) is 6.47. The average molecular weight is 341 g/mol. The van der Waals surface area contributed by atoms with E-state index in [4.69, 9.17) is 5.84 Å². The minimum absolute atomic E-state index is 0. The normalized spacial score (nSPS) is 20.3. The molecule has 1 fully saturated rings. The maximum atomic E-state index is 12.5. The molecular weight excluding hydrogens is 324 g/mol. The summed E-state index contributed by atoms with van der Waals surface area (Å²) in [6.07, 6.45) is 1.46. The van der Waals surface area contributed by atoms with Gasteiger partial charge >= 0.3 is 12.0 Å². The van der Waals surface area contributed by atoms with Crippen LogP contribution in [0.15, 0.2) is 29.4 Å². The molecule has 1 aromatic rings. The molecule has 0 aliphatic carbocycles. The lowest BCUT2D eigenvalue weighted by Crippen LogP contribution is -2.41. The molecule has 23 heavy (non-hydrogen) atoms. The second-order valence-electron chi connectivity index (χ2n) is 4.92. The maximum absolute atomic E-state index is 12.5. The number of rotatable bonds is 4. The molecule has 8 nitrogen and oxygen atoms in total. The van der Waals surface area contributed by atoms with Crippen molar-refractivity contribution in [1.29, 1.82) is 0 Å². The highest BCUT2D eigenvalue weighted by Crippen LogP contribution is 2.28. The SMILES string of the molecule is COC(=O)CN1C(=O)NC(C)(c2ccc(/C=N/N)cc2)C1=O.Cl. The molecule has 124 valence electrons. The van der Waals surface area contributed by atoms with E-state index in [1.54, 1.807) is 31.2 Å². The van der Waals surface area contributed by atoms with Crippen molar-refractivity contribution in [2.24, 2.45) is 10.9 Å². The van der Waals surface area contributed by atoms with Crippen LogP contribution < -0.4 is 11.2 Å². The highest BCUT2D eigenvalue weighted by molar-refractivity contribution is 6.08. The highest BCUT2D eigenvalue weighted by Gasteiger charge is 2.49. The van der Waals surface area contributed by atoms with E-state index in [0.29, 0.717) is 5.56 Å². The number of esters is 1. The third-order valence-corrected chi connectivity index (χ3v) is 3.50. The van der Waals surface area contributed by atoms with Gasteiger partial charge in [-0.3, -0.25) is 14.5 Å². The molecule has 1 atom stereocenters. The van der Waals surface area contributed by atoms with Gasteiger partial charge in [-0.05, 0) is 18.1 Å². The topological polar surface area (TPSA) is 114 Å². The van der Waals surface area contributed by atoms with Crippen LogP contribution in [-0.2, 0) is 19.9 Å². The zero-order chi connectivity index (χ0) is 16.3. The number of nitrogens with one attached hydrogen (secondary N) is 1. The minimum atomic E-state index is -1.23. The number of hydrogen-bond acceptors (Lipinski definition) is 6. The zero-order valence-corrected chi connectivity index (χ0v) is 13.4. The van der Waals surface area contributed by atoms with Gasteiger partial charge in [-0.2, -0.15) is 5.10 Å². The summed E-state index contributed by atoms with van der Waals surface area (Å²) in [5.74, 6) is 3.90. The molecule has 9 heteroatoms. The number of imide groups is 1. The Morgan fingerprint density at radius 1 is 1.39 bits per heavy atom. The number of nitrogens with zero attached hydrogens (tertiary/aromatic N) is 2. The second-order valence-corrected chi connectivity index (χ2v) is 4.92. The zero-order valence-electron chi connectivity index (χ0n) is 12.6. The van der Waals surface area contributed by atoms with Crippen LogP contribution in [0, 0.1) is 0 Å². The van der Waals surface area contributed by atoms with Crippen molar-refractivity contribution >= 4 is 36.5 Å². The van der Waals surface area contributed by atoms with Crippen molar-refractivity contribution in [3.63, 3.8) is 0 Å². The average Bonchev–Trinajstić information content (AvgIpc) is 2.72. The molecule has 1 heterocycles. The van der Waals surface area contributed by atoms with Gasteiger partial charge in [0.05, 0.1) is 13.3 Å². The number of hydrazone groups is 1. The molecule has 0 aromatic heterocycles. The van der Waals surface area contributed by atoms with Gasteiger partial charge in [-0.25, -0.2) is 4.79 Å². The number of nitrogens with two attached hydrogens (primary N) is 1. The van der Waals surface area contributed by atoms with E-state index in [1.165, 1.54) is 13.3 Å². The van der Waals surface area contributed by atoms with Crippen molar-refractivity contribution in [2.75, 3.05) is 13.7 Å². The van der Waals surface area contributed by atoms with Crippen LogP contribution in [0.4, 0.5) is 4.79 Å². The second kappa shape index (κ2) is 7.10. The summed E-state index contributed by atoms with van der Waals surface area (Å²) in [7, 11) is 1.19. The van der Waals surface area contributed by atoms with Crippen LogP contribution in [0.3, 0.4) is 0 Å².